The molecule has 0 bridgehead atoms. The first kappa shape index (κ1) is 19.8. The van der Waals surface area contributed by atoms with Crippen molar-refractivity contribution in [3.63, 3.8) is 0 Å². The molecule has 2 aromatic rings. The first-order chi connectivity index (χ1) is 12.9. The van der Waals surface area contributed by atoms with Gasteiger partial charge in [0, 0.05) is 42.4 Å². The number of ether oxygens (including phenoxy) is 1. The van der Waals surface area contributed by atoms with E-state index >= 15 is 0 Å². The second kappa shape index (κ2) is 8.83. The third-order valence-corrected chi connectivity index (χ3v) is 5.25. The number of benzene rings is 2. The molecule has 146 valence electrons. The Hall–Kier alpha value is -1.95. The molecule has 5 nitrogen and oxygen atoms in total. The molecule has 0 aliphatic carbocycles. The van der Waals surface area contributed by atoms with Gasteiger partial charge in [-0.15, -0.1) is 0 Å². The largest absolute Gasteiger partial charge is 0.508 e. The fraction of sp³-hybridized carbons (Fsp3) is 0.429. The van der Waals surface area contributed by atoms with Gasteiger partial charge in [0.05, 0.1) is 0 Å². The molecule has 2 N–H and O–H groups in total. The molecule has 1 aliphatic heterocycles. The Bertz CT molecular complexity index is 711. The van der Waals surface area contributed by atoms with E-state index in [1.807, 2.05) is 12.1 Å². The van der Waals surface area contributed by atoms with Gasteiger partial charge in [-0.2, -0.15) is 0 Å². The molecule has 3 rings (SSSR count). The van der Waals surface area contributed by atoms with Crippen LogP contribution in [0.15, 0.2) is 48.5 Å². The average Bonchev–Trinajstić information content (AvgIpc) is 2.64. The molecule has 2 aromatic carbocycles. The van der Waals surface area contributed by atoms with Crippen LogP contribution in [0.4, 0.5) is 5.69 Å². The predicted octanol–water partition coefficient (Wildman–Crippen LogP) is 3.38. The van der Waals surface area contributed by atoms with Crippen LogP contribution in [-0.4, -0.2) is 59.5 Å². The van der Waals surface area contributed by atoms with Gasteiger partial charge in [0.15, 0.2) is 0 Å². The van der Waals surface area contributed by atoms with Crippen molar-refractivity contribution in [3.05, 3.63) is 53.6 Å². The number of phenols is 1. The molecule has 0 aromatic heterocycles. The molecule has 6 heteroatoms. The van der Waals surface area contributed by atoms with Crippen LogP contribution in [0, 0.1) is 0 Å². The van der Waals surface area contributed by atoms with Crippen molar-refractivity contribution in [1.82, 2.24) is 4.90 Å². The first-order valence-electron chi connectivity index (χ1n) is 9.28. The van der Waals surface area contributed by atoms with Crippen molar-refractivity contribution in [1.29, 1.82) is 0 Å². The van der Waals surface area contributed by atoms with Crippen LogP contribution >= 0.6 is 11.6 Å². The number of aromatic hydroxyl groups is 1. The van der Waals surface area contributed by atoms with E-state index < -0.39 is 6.10 Å². The number of phenolic OH excluding ortho intramolecular Hbond substituents is 1. The molecule has 27 heavy (non-hydrogen) atoms. The van der Waals surface area contributed by atoms with Gasteiger partial charge in [0.1, 0.15) is 24.2 Å². The van der Waals surface area contributed by atoms with Crippen LogP contribution in [0.1, 0.15) is 13.8 Å². The summed E-state index contributed by atoms with van der Waals surface area (Å²) in [6, 6.07) is 15.1. The normalized spacial score (nSPS) is 21.9. The summed E-state index contributed by atoms with van der Waals surface area (Å²) >= 11 is 5.99. The highest BCUT2D eigenvalue weighted by molar-refractivity contribution is 6.30. The number of hydrogen-bond acceptors (Lipinski definition) is 5. The Morgan fingerprint density at radius 3 is 2.22 bits per heavy atom. The molecule has 1 heterocycles. The lowest BCUT2D eigenvalue weighted by Crippen LogP contribution is -2.58. The van der Waals surface area contributed by atoms with Gasteiger partial charge in [-0.25, -0.2) is 0 Å². The fourth-order valence-electron chi connectivity index (χ4n) is 3.61. The van der Waals surface area contributed by atoms with E-state index in [9.17, 15) is 10.2 Å². The van der Waals surface area contributed by atoms with Gasteiger partial charge < -0.3 is 19.8 Å². The van der Waals surface area contributed by atoms with E-state index in [4.69, 9.17) is 16.3 Å². The van der Waals surface area contributed by atoms with Crippen molar-refractivity contribution >= 4 is 17.3 Å². The number of nitrogens with zero attached hydrogens (tertiary/aromatic N) is 2. The van der Waals surface area contributed by atoms with Crippen LogP contribution in [-0.2, 0) is 0 Å². The van der Waals surface area contributed by atoms with E-state index in [-0.39, 0.29) is 12.4 Å². The lowest BCUT2D eigenvalue weighted by molar-refractivity contribution is 0.0318. The number of aliphatic hydroxyl groups is 1. The van der Waals surface area contributed by atoms with E-state index in [2.05, 4.69) is 35.8 Å². The smallest absolute Gasteiger partial charge is 0.119 e. The Labute approximate surface area is 165 Å². The van der Waals surface area contributed by atoms with Crippen molar-refractivity contribution < 1.29 is 14.9 Å². The first-order valence-corrected chi connectivity index (χ1v) is 9.66. The summed E-state index contributed by atoms with van der Waals surface area (Å²) in [5.41, 5.74) is 1.17. The average molecular weight is 391 g/mol. The van der Waals surface area contributed by atoms with Crippen LogP contribution < -0.4 is 9.64 Å². The van der Waals surface area contributed by atoms with Crippen LogP contribution in [0.5, 0.6) is 11.5 Å². The monoisotopic (exact) mass is 390 g/mol. The summed E-state index contributed by atoms with van der Waals surface area (Å²) in [7, 11) is 0. The molecule has 2 unspecified atom stereocenters. The predicted molar refractivity (Wildman–Crippen MR) is 109 cm³/mol. The number of piperazine rings is 1. The zero-order chi connectivity index (χ0) is 19.4. The van der Waals surface area contributed by atoms with Gasteiger partial charge in [-0.3, -0.25) is 4.90 Å². The molecule has 1 aliphatic rings. The van der Waals surface area contributed by atoms with Crippen molar-refractivity contribution in [2.24, 2.45) is 0 Å². The minimum atomic E-state index is -0.578. The van der Waals surface area contributed by atoms with Crippen LogP contribution in [0.25, 0.3) is 0 Å². The molecule has 0 spiro atoms. The Morgan fingerprint density at radius 2 is 1.63 bits per heavy atom. The summed E-state index contributed by atoms with van der Waals surface area (Å²) in [6.07, 6.45) is -0.578. The van der Waals surface area contributed by atoms with Crippen molar-refractivity contribution in [2.75, 3.05) is 31.1 Å². The summed E-state index contributed by atoms with van der Waals surface area (Å²) in [4.78, 5) is 4.69. The zero-order valence-electron chi connectivity index (χ0n) is 15.8. The SMILES string of the molecule is CC1CN(c2ccc(Cl)cc2)CC(C)N1C[C@H](O)COc1ccc(O)cc1. The maximum atomic E-state index is 10.4. The molecule has 3 atom stereocenters. The van der Waals surface area contributed by atoms with Gasteiger partial charge in [0.25, 0.3) is 0 Å². The third-order valence-electron chi connectivity index (χ3n) is 4.99. The van der Waals surface area contributed by atoms with E-state index in [1.165, 1.54) is 5.69 Å². The lowest BCUT2D eigenvalue weighted by atomic mass is 10.1. The summed E-state index contributed by atoms with van der Waals surface area (Å²) in [5.74, 6) is 0.838. The number of β-amino-alcohol motifs (C(OH)–C–C–N with tert-alkyl or cyclic N) is 1. The summed E-state index contributed by atoms with van der Waals surface area (Å²) < 4.78 is 5.63. The number of halogens is 1. The van der Waals surface area contributed by atoms with Gasteiger partial charge in [-0.1, -0.05) is 11.6 Å². The van der Waals surface area contributed by atoms with E-state index in [0.717, 1.165) is 18.1 Å². The number of aliphatic hydroxyl groups excluding tert-OH is 1. The van der Waals surface area contributed by atoms with Crippen molar-refractivity contribution in [2.45, 2.75) is 32.0 Å². The molecule has 1 fully saturated rings. The number of rotatable bonds is 6. The minimum Gasteiger partial charge on any atom is -0.508 e. The maximum Gasteiger partial charge on any atom is 0.119 e. The number of hydrogen-bond donors (Lipinski definition) is 2. The lowest BCUT2D eigenvalue weighted by Gasteiger charge is -2.46. The highest BCUT2D eigenvalue weighted by Gasteiger charge is 2.30. The molecular weight excluding hydrogens is 364 g/mol. The Kier molecular flexibility index (Phi) is 6.47. The Morgan fingerprint density at radius 1 is 1.04 bits per heavy atom. The Balaban J connectivity index is 1.52. The molecular formula is C21H27ClN2O3. The highest BCUT2D eigenvalue weighted by Crippen LogP contribution is 2.24. The standard InChI is InChI=1S/C21H27ClN2O3/c1-15-11-23(18-5-3-17(22)4-6-18)12-16(2)24(15)13-20(26)14-27-21-9-7-19(25)8-10-21/h3-10,15-16,20,25-26H,11-14H2,1-2H3/t15?,16?,20-/m0/s1. The summed E-state index contributed by atoms with van der Waals surface area (Å²) in [5, 5.41) is 20.5. The molecule has 1 saturated heterocycles. The topological polar surface area (TPSA) is 56.2 Å². The molecule has 0 amide bonds. The maximum absolute atomic E-state index is 10.4. The molecule has 0 saturated carbocycles. The van der Waals surface area contributed by atoms with Gasteiger partial charge in [0.2, 0.25) is 0 Å². The van der Waals surface area contributed by atoms with Gasteiger partial charge in [-0.05, 0) is 62.4 Å². The van der Waals surface area contributed by atoms with E-state index in [1.54, 1.807) is 24.3 Å². The third kappa shape index (κ3) is 5.28. The highest BCUT2D eigenvalue weighted by atomic mass is 35.5. The van der Waals surface area contributed by atoms with Gasteiger partial charge >= 0.3 is 0 Å². The van der Waals surface area contributed by atoms with Crippen LogP contribution in [0.2, 0.25) is 5.02 Å². The quantitative estimate of drug-likeness (QED) is 0.791. The minimum absolute atomic E-state index is 0.198. The second-order valence-electron chi connectivity index (χ2n) is 7.23. The van der Waals surface area contributed by atoms with Crippen molar-refractivity contribution in [3.8, 4) is 11.5 Å². The number of anilines is 1. The zero-order valence-corrected chi connectivity index (χ0v) is 16.5. The second-order valence-corrected chi connectivity index (χ2v) is 7.67. The molecule has 0 radical (unpaired) electrons. The van der Waals surface area contributed by atoms with E-state index in [0.29, 0.717) is 24.4 Å². The fourth-order valence-corrected chi connectivity index (χ4v) is 3.74. The van der Waals surface area contributed by atoms with Crippen LogP contribution in [0.3, 0.4) is 0 Å². The summed E-state index contributed by atoms with van der Waals surface area (Å²) in [6.45, 7) is 6.96.